The van der Waals surface area contributed by atoms with Crippen LogP contribution in [0.2, 0.25) is 0 Å². The first kappa shape index (κ1) is 32.7. The third kappa shape index (κ3) is 5.10. The molecule has 2 heterocycles. The van der Waals surface area contributed by atoms with E-state index in [0.29, 0.717) is 17.0 Å². The van der Waals surface area contributed by atoms with Crippen molar-refractivity contribution in [3.8, 4) is 11.5 Å². The molecule has 2 aliphatic heterocycles. The van der Waals surface area contributed by atoms with Gasteiger partial charge >= 0.3 is 7.12 Å². The molecule has 6 atom stereocenters. The predicted molar refractivity (Wildman–Crippen MR) is 189 cm³/mol. The number of phenolic OH excluding ortho intramolecular Hbond substituents is 1. The molecule has 256 valence electrons. The fraction of sp³-hybridized carbons (Fsp3) is 0.250. The van der Waals surface area contributed by atoms with Gasteiger partial charge in [0, 0.05) is 17.5 Å². The van der Waals surface area contributed by atoms with Crippen LogP contribution in [-0.4, -0.2) is 45.9 Å². The number of anilines is 2. The monoisotopic (exact) mass is 682 g/mol. The van der Waals surface area contributed by atoms with E-state index in [4.69, 9.17) is 4.74 Å². The van der Waals surface area contributed by atoms with E-state index in [9.17, 15) is 34.3 Å². The second-order valence-electron chi connectivity index (χ2n) is 14.0. The zero-order valence-electron chi connectivity index (χ0n) is 27.8. The minimum atomic E-state index is -1.79. The molecule has 11 heteroatoms. The molecule has 3 fully saturated rings. The van der Waals surface area contributed by atoms with E-state index in [1.165, 1.54) is 23.1 Å². The molecule has 4 aromatic rings. The summed E-state index contributed by atoms with van der Waals surface area (Å²) >= 11 is 0. The van der Waals surface area contributed by atoms with E-state index in [1.54, 1.807) is 61.5 Å². The molecule has 4 amide bonds. The molecule has 4 aromatic carbocycles. The summed E-state index contributed by atoms with van der Waals surface area (Å²) in [5.74, 6) is -5.08. The average Bonchev–Trinajstić information content (AvgIpc) is 3.51. The Balaban J connectivity index is 1.21. The van der Waals surface area contributed by atoms with Crippen molar-refractivity contribution in [1.29, 1.82) is 0 Å². The summed E-state index contributed by atoms with van der Waals surface area (Å²) in [5.41, 5.74) is 1.61. The molecule has 1 saturated carbocycles. The van der Waals surface area contributed by atoms with Gasteiger partial charge in [-0.25, -0.2) is 4.90 Å². The number of phenols is 1. The number of nitrogens with zero attached hydrogens (tertiary/aromatic N) is 2. The lowest BCUT2D eigenvalue weighted by molar-refractivity contribution is -0.131. The number of fused-ring (bicyclic) bond motifs is 4. The molecular weight excluding hydrogens is 647 g/mol. The zero-order chi connectivity index (χ0) is 35.6. The highest BCUT2D eigenvalue weighted by molar-refractivity contribution is 6.58. The van der Waals surface area contributed by atoms with Gasteiger partial charge in [0.2, 0.25) is 23.6 Å². The fourth-order valence-electron chi connectivity index (χ4n) is 8.86. The van der Waals surface area contributed by atoms with Crippen LogP contribution in [0.25, 0.3) is 0 Å². The summed E-state index contributed by atoms with van der Waals surface area (Å²) in [6.45, 7) is 2.05. The summed E-state index contributed by atoms with van der Waals surface area (Å²) in [5, 5.41) is 31.2. The maximum atomic E-state index is 14.6. The molecule has 0 aromatic heterocycles. The van der Waals surface area contributed by atoms with Gasteiger partial charge in [-0.15, -0.1) is 0 Å². The Labute approximate surface area is 294 Å². The molecule has 4 aliphatic rings. The largest absolute Gasteiger partial charge is 0.508 e. The summed E-state index contributed by atoms with van der Waals surface area (Å²) < 4.78 is 5.98. The van der Waals surface area contributed by atoms with Crippen LogP contribution in [0, 0.1) is 29.1 Å². The van der Waals surface area contributed by atoms with Crippen LogP contribution in [0.1, 0.15) is 36.8 Å². The number of rotatable bonds is 7. The van der Waals surface area contributed by atoms with Crippen molar-refractivity contribution in [3.05, 3.63) is 126 Å². The number of carbonyl (C=O) groups excluding carboxylic acids is 4. The fourth-order valence-corrected chi connectivity index (χ4v) is 8.86. The molecule has 0 bridgehead atoms. The lowest BCUT2D eigenvalue weighted by Crippen LogP contribution is -2.48. The number of allylic oxidation sites excluding steroid dienone is 2. The number of hydrogen-bond donors (Lipinski definition) is 3. The first-order valence-electron chi connectivity index (χ1n) is 17.1. The van der Waals surface area contributed by atoms with Crippen LogP contribution in [0.4, 0.5) is 11.4 Å². The van der Waals surface area contributed by atoms with Gasteiger partial charge in [-0.3, -0.25) is 24.1 Å². The molecule has 2 saturated heterocycles. The van der Waals surface area contributed by atoms with Crippen molar-refractivity contribution in [2.45, 2.75) is 32.3 Å². The van der Waals surface area contributed by atoms with Gasteiger partial charge in [0.05, 0.1) is 34.5 Å². The Hall–Kier alpha value is -5.52. The van der Waals surface area contributed by atoms with Crippen molar-refractivity contribution in [1.82, 2.24) is 0 Å². The average molecular weight is 683 g/mol. The molecule has 2 aliphatic carbocycles. The molecule has 0 spiro atoms. The van der Waals surface area contributed by atoms with Gasteiger partial charge in [0.25, 0.3) is 0 Å². The Morgan fingerprint density at radius 1 is 0.784 bits per heavy atom. The second-order valence-corrected chi connectivity index (χ2v) is 14.0. The van der Waals surface area contributed by atoms with Crippen LogP contribution in [-0.2, 0) is 25.8 Å². The quantitative estimate of drug-likeness (QED) is 0.150. The number of ether oxygens (including phenoxy) is 1. The molecular formula is C40H35BN2O8. The number of imide groups is 2. The van der Waals surface area contributed by atoms with Crippen molar-refractivity contribution in [2.75, 3.05) is 9.80 Å². The van der Waals surface area contributed by atoms with Gasteiger partial charge in [-0.05, 0) is 67.0 Å². The van der Waals surface area contributed by atoms with Crippen molar-refractivity contribution in [3.63, 3.8) is 0 Å². The zero-order valence-corrected chi connectivity index (χ0v) is 27.8. The molecule has 0 radical (unpaired) electrons. The van der Waals surface area contributed by atoms with Gasteiger partial charge in [-0.1, -0.05) is 78.4 Å². The lowest BCUT2D eigenvalue weighted by Gasteiger charge is -2.49. The Kier molecular flexibility index (Phi) is 7.92. The number of benzene rings is 4. The minimum Gasteiger partial charge on any atom is -0.508 e. The Bertz CT molecular complexity index is 2100. The van der Waals surface area contributed by atoms with Crippen LogP contribution in [0.3, 0.4) is 0 Å². The molecule has 8 rings (SSSR count). The Morgan fingerprint density at radius 2 is 1.49 bits per heavy atom. The standard InChI is InChI=1S/C40H35BN2O8/c1-40-32(37(46)43(39(40)48)25-12-6-3-7-13-25)21-31-28(35(40)29-16-15-27(20-33(29)44)51-22-23-9-4-2-5-10-23)17-18-30-34(31)38(47)42(36(30)45)26-14-8-11-24(19-26)41(49)50/h2-17,19-20,30-32,34-35,44,49-50H,18,21-22H2,1H3/t30-,31+,32-,34-,35+,40+/m0/s1. The van der Waals surface area contributed by atoms with Crippen molar-refractivity contribution < 1.29 is 39.1 Å². The third-order valence-corrected chi connectivity index (χ3v) is 11.3. The predicted octanol–water partition coefficient (Wildman–Crippen LogP) is 4.09. The number of aromatic hydroxyl groups is 1. The number of para-hydroxylation sites is 1. The van der Waals surface area contributed by atoms with E-state index in [2.05, 4.69) is 0 Å². The molecule has 51 heavy (non-hydrogen) atoms. The number of hydrogen-bond acceptors (Lipinski definition) is 8. The van der Waals surface area contributed by atoms with E-state index in [0.717, 1.165) is 16.0 Å². The number of amides is 4. The highest BCUT2D eigenvalue weighted by atomic mass is 16.5. The van der Waals surface area contributed by atoms with E-state index < -0.39 is 59.8 Å². The first-order chi connectivity index (χ1) is 24.6. The van der Waals surface area contributed by atoms with Crippen LogP contribution < -0.4 is 20.0 Å². The lowest BCUT2D eigenvalue weighted by atomic mass is 9.51. The topological polar surface area (TPSA) is 145 Å². The van der Waals surface area contributed by atoms with E-state index in [-0.39, 0.29) is 42.3 Å². The number of carbonyl (C=O) groups is 4. The van der Waals surface area contributed by atoms with Crippen molar-refractivity contribution >= 4 is 47.6 Å². The molecule has 0 unspecified atom stereocenters. The van der Waals surface area contributed by atoms with E-state index in [1.807, 2.05) is 36.4 Å². The minimum absolute atomic E-state index is 0.109. The van der Waals surface area contributed by atoms with E-state index >= 15 is 0 Å². The van der Waals surface area contributed by atoms with Gasteiger partial charge < -0.3 is 19.9 Å². The van der Waals surface area contributed by atoms with Gasteiger partial charge in [0.15, 0.2) is 0 Å². The summed E-state index contributed by atoms with van der Waals surface area (Å²) in [4.78, 5) is 59.6. The maximum absolute atomic E-state index is 14.6. The van der Waals surface area contributed by atoms with Crippen LogP contribution in [0.15, 0.2) is 115 Å². The summed E-state index contributed by atoms with van der Waals surface area (Å²) in [7, 11) is -1.79. The second kappa shape index (κ2) is 12.4. The Morgan fingerprint density at radius 3 is 2.20 bits per heavy atom. The highest BCUT2D eigenvalue weighted by Crippen LogP contribution is 2.64. The molecule has 10 nitrogen and oxygen atoms in total. The third-order valence-electron chi connectivity index (χ3n) is 11.3. The summed E-state index contributed by atoms with van der Waals surface area (Å²) in [6.07, 6.45) is 2.30. The normalized spacial score (nSPS) is 26.8. The SMILES string of the molecule is C[C@@]12C(=O)N(c3ccccc3)C(=O)[C@@H]1C[C@@H]1C(=CC[C@@H]3C(=O)N(c4cccc(B(O)O)c4)C(=O)[C@@H]31)[C@@H]2c1ccc(OCc2ccccc2)cc1O. The van der Waals surface area contributed by atoms with Gasteiger partial charge in [0.1, 0.15) is 18.1 Å². The van der Waals surface area contributed by atoms with Gasteiger partial charge in [-0.2, -0.15) is 0 Å². The van der Waals surface area contributed by atoms with Crippen LogP contribution in [0.5, 0.6) is 11.5 Å². The van der Waals surface area contributed by atoms with Crippen molar-refractivity contribution in [2.24, 2.45) is 29.1 Å². The maximum Gasteiger partial charge on any atom is 0.488 e. The smallest absolute Gasteiger partial charge is 0.488 e. The first-order valence-corrected chi connectivity index (χ1v) is 17.1. The highest BCUT2D eigenvalue weighted by Gasteiger charge is 2.68. The molecule has 3 N–H and O–H groups in total. The summed E-state index contributed by atoms with van der Waals surface area (Å²) in [6, 6.07) is 29.3. The van der Waals surface area contributed by atoms with Crippen LogP contribution >= 0.6 is 0 Å².